The average Bonchev–Trinajstić information content (AvgIpc) is 3.12. The topological polar surface area (TPSA) is 62.6 Å². The summed E-state index contributed by atoms with van der Waals surface area (Å²) < 4.78 is 19.0. The molecule has 0 unspecified atom stereocenters. The predicted octanol–water partition coefficient (Wildman–Crippen LogP) is 3.15. The Kier molecular flexibility index (Phi) is 4.18. The van der Waals surface area contributed by atoms with Crippen LogP contribution < -0.4 is 10.3 Å². The fourth-order valence-electron chi connectivity index (χ4n) is 4.23. The van der Waals surface area contributed by atoms with E-state index in [9.17, 15) is 4.79 Å². The molecule has 3 heterocycles. The van der Waals surface area contributed by atoms with Crippen LogP contribution in [0, 0.1) is 0 Å². The molecule has 0 amide bonds. The number of rotatable bonds is 2. The molecule has 6 nitrogen and oxygen atoms in total. The summed E-state index contributed by atoms with van der Waals surface area (Å²) in [5.41, 5.74) is 2.68. The number of nitrogens with zero attached hydrogens (tertiary/aromatic N) is 2. The van der Waals surface area contributed by atoms with E-state index in [0.717, 1.165) is 29.1 Å². The molecule has 5 rings (SSSR count). The fourth-order valence-corrected chi connectivity index (χ4v) is 4.23. The third-order valence-corrected chi connectivity index (χ3v) is 5.71. The van der Waals surface area contributed by atoms with Gasteiger partial charge in [0.1, 0.15) is 11.6 Å². The molecule has 0 N–H and O–H groups in total. The van der Waals surface area contributed by atoms with E-state index in [0.29, 0.717) is 43.5 Å². The minimum Gasteiger partial charge on any atom is -0.496 e. The second kappa shape index (κ2) is 6.72. The van der Waals surface area contributed by atoms with Crippen molar-refractivity contribution in [2.45, 2.75) is 31.6 Å². The van der Waals surface area contributed by atoms with Crippen LogP contribution in [0.2, 0.25) is 0 Å². The SMILES string of the molecule is COc1ccccc1-c1ccc2c(=O)n3c(nc2c1)CCC1(CC3)OCCO1. The lowest BCUT2D eigenvalue weighted by molar-refractivity contribution is -0.165. The van der Waals surface area contributed by atoms with Gasteiger partial charge in [0.2, 0.25) is 0 Å². The Morgan fingerprint density at radius 3 is 2.75 bits per heavy atom. The van der Waals surface area contributed by atoms with Crippen molar-refractivity contribution in [2.24, 2.45) is 0 Å². The van der Waals surface area contributed by atoms with Crippen molar-refractivity contribution in [3.63, 3.8) is 0 Å². The summed E-state index contributed by atoms with van der Waals surface area (Å²) in [6.07, 6.45) is 2.05. The molecular formula is C22H22N2O4. The molecule has 1 spiro atoms. The summed E-state index contributed by atoms with van der Waals surface area (Å²) >= 11 is 0. The number of ether oxygens (including phenoxy) is 3. The van der Waals surface area contributed by atoms with E-state index < -0.39 is 5.79 Å². The van der Waals surface area contributed by atoms with Crippen molar-refractivity contribution in [3.8, 4) is 16.9 Å². The van der Waals surface area contributed by atoms with E-state index >= 15 is 0 Å². The molecule has 3 aromatic rings. The third-order valence-electron chi connectivity index (χ3n) is 5.71. The molecule has 0 bridgehead atoms. The smallest absolute Gasteiger partial charge is 0.261 e. The van der Waals surface area contributed by atoms with Gasteiger partial charge in [-0.1, -0.05) is 24.3 Å². The summed E-state index contributed by atoms with van der Waals surface area (Å²) in [6.45, 7) is 1.79. The maximum Gasteiger partial charge on any atom is 0.261 e. The lowest BCUT2D eigenvalue weighted by atomic mass is 10.0. The molecule has 1 fully saturated rings. The Bertz CT molecular complexity index is 1100. The van der Waals surface area contributed by atoms with Gasteiger partial charge in [0.25, 0.3) is 5.56 Å². The number of hydrogen-bond donors (Lipinski definition) is 0. The van der Waals surface area contributed by atoms with Gasteiger partial charge in [-0.2, -0.15) is 0 Å². The summed E-state index contributed by atoms with van der Waals surface area (Å²) in [6, 6.07) is 13.6. The largest absolute Gasteiger partial charge is 0.496 e. The van der Waals surface area contributed by atoms with Gasteiger partial charge >= 0.3 is 0 Å². The van der Waals surface area contributed by atoms with E-state index in [1.54, 1.807) is 11.7 Å². The van der Waals surface area contributed by atoms with Gasteiger partial charge in [0.05, 0.1) is 31.2 Å². The first-order chi connectivity index (χ1) is 13.7. The first kappa shape index (κ1) is 17.4. The standard InChI is InChI=1S/C22H22N2O4/c1-26-19-5-3-2-4-16(19)15-6-7-17-18(14-15)23-20-8-9-22(27-12-13-28-22)10-11-24(20)21(17)25/h2-7,14H,8-13H2,1H3. The van der Waals surface area contributed by atoms with Crippen LogP contribution in [0.1, 0.15) is 18.7 Å². The van der Waals surface area contributed by atoms with Crippen LogP contribution in [0.5, 0.6) is 5.75 Å². The molecule has 28 heavy (non-hydrogen) atoms. The van der Waals surface area contributed by atoms with E-state index in [4.69, 9.17) is 19.2 Å². The molecule has 2 aromatic carbocycles. The zero-order valence-electron chi connectivity index (χ0n) is 15.8. The van der Waals surface area contributed by atoms with Crippen LogP contribution >= 0.6 is 0 Å². The predicted molar refractivity (Wildman–Crippen MR) is 106 cm³/mol. The molecule has 0 radical (unpaired) electrons. The lowest BCUT2D eigenvalue weighted by Crippen LogP contribution is -2.31. The zero-order valence-corrected chi connectivity index (χ0v) is 15.8. The summed E-state index contributed by atoms with van der Waals surface area (Å²) in [5.74, 6) is 1.03. The van der Waals surface area contributed by atoms with Crippen molar-refractivity contribution >= 4 is 10.9 Å². The van der Waals surface area contributed by atoms with Crippen molar-refractivity contribution in [2.75, 3.05) is 20.3 Å². The highest BCUT2D eigenvalue weighted by Crippen LogP contribution is 2.33. The van der Waals surface area contributed by atoms with Crippen LogP contribution in [-0.2, 0) is 22.4 Å². The molecule has 1 aromatic heterocycles. The van der Waals surface area contributed by atoms with Crippen molar-refractivity contribution in [1.82, 2.24) is 9.55 Å². The fraction of sp³-hybridized carbons (Fsp3) is 0.364. The van der Waals surface area contributed by atoms with Crippen LogP contribution in [0.15, 0.2) is 47.3 Å². The van der Waals surface area contributed by atoms with Gasteiger partial charge in [0, 0.05) is 31.4 Å². The van der Waals surface area contributed by atoms with Gasteiger partial charge in [-0.05, 0) is 23.8 Å². The van der Waals surface area contributed by atoms with E-state index in [2.05, 4.69) is 0 Å². The second-order valence-corrected chi connectivity index (χ2v) is 7.27. The zero-order chi connectivity index (χ0) is 19.1. The highest BCUT2D eigenvalue weighted by molar-refractivity contribution is 5.85. The number of hydrogen-bond acceptors (Lipinski definition) is 5. The molecule has 2 aliphatic heterocycles. The van der Waals surface area contributed by atoms with E-state index in [-0.39, 0.29) is 5.56 Å². The highest BCUT2D eigenvalue weighted by Gasteiger charge is 2.38. The Hall–Kier alpha value is -2.70. The third kappa shape index (κ3) is 2.80. The van der Waals surface area contributed by atoms with Gasteiger partial charge in [-0.15, -0.1) is 0 Å². The van der Waals surface area contributed by atoms with Gasteiger partial charge in [-0.3, -0.25) is 9.36 Å². The first-order valence-electron chi connectivity index (χ1n) is 9.64. The van der Waals surface area contributed by atoms with Crippen LogP contribution in [0.25, 0.3) is 22.0 Å². The van der Waals surface area contributed by atoms with Gasteiger partial charge < -0.3 is 14.2 Å². The second-order valence-electron chi connectivity index (χ2n) is 7.27. The van der Waals surface area contributed by atoms with Gasteiger partial charge in [0.15, 0.2) is 5.79 Å². The number of aromatic nitrogens is 2. The molecule has 6 heteroatoms. The van der Waals surface area contributed by atoms with Crippen molar-refractivity contribution in [1.29, 1.82) is 0 Å². The van der Waals surface area contributed by atoms with Gasteiger partial charge in [-0.25, -0.2) is 4.98 Å². The Balaban J connectivity index is 1.60. The molecule has 2 aliphatic rings. The van der Waals surface area contributed by atoms with Crippen molar-refractivity contribution < 1.29 is 14.2 Å². The minimum absolute atomic E-state index is 0.00150. The first-order valence-corrected chi connectivity index (χ1v) is 9.64. The van der Waals surface area contributed by atoms with E-state index in [1.807, 2.05) is 42.5 Å². The molecule has 1 saturated heterocycles. The van der Waals surface area contributed by atoms with E-state index in [1.165, 1.54) is 0 Å². The maximum atomic E-state index is 13.1. The van der Waals surface area contributed by atoms with Crippen LogP contribution in [0.3, 0.4) is 0 Å². The minimum atomic E-state index is -0.561. The number of methoxy groups -OCH3 is 1. The Morgan fingerprint density at radius 1 is 1.11 bits per heavy atom. The van der Waals surface area contributed by atoms with Crippen LogP contribution in [0.4, 0.5) is 0 Å². The maximum absolute atomic E-state index is 13.1. The highest BCUT2D eigenvalue weighted by atomic mass is 16.7. The molecule has 0 saturated carbocycles. The molecular weight excluding hydrogens is 356 g/mol. The Labute approximate surface area is 162 Å². The molecule has 0 aliphatic carbocycles. The average molecular weight is 378 g/mol. The number of benzene rings is 2. The lowest BCUT2D eigenvalue weighted by Gasteiger charge is -2.24. The molecule has 0 atom stereocenters. The summed E-state index contributed by atoms with van der Waals surface area (Å²) in [7, 11) is 1.66. The summed E-state index contributed by atoms with van der Waals surface area (Å²) in [5, 5.41) is 0.631. The number of fused-ring (bicyclic) bond motifs is 2. The van der Waals surface area contributed by atoms with Crippen LogP contribution in [-0.4, -0.2) is 35.7 Å². The monoisotopic (exact) mass is 378 g/mol. The quantitative estimate of drug-likeness (QED) is 0.686. The molecule has 144 valence electrons. The number of para-hydroxylation sites is 1. The summed E-state index contributed by atoms with van der Waals surface area (Å²) in [4.78, 5) is 18.0. The van der Waals surface area contributed by atoms with Crippen molar-refractivity contribution in [3.05, 3.63) is 58.6 Å². The Morgan fingerprint density at radius 2 is 1.93 bits per heavy atom. The normalized spacial score (nSPS) is 18.2. The number of aryl methyl sites for hydroxylation is 1.